The second-order valence-electron chi connectivity index (χ2n) is 10.6. The van der Waals surface area contributed by atoms with Crippen LogP contribution in [0.3, 0.4) is 0 Å². The molecule has 220 valence electrons. The largest absolute Gasteiger partial charge is 0.573 e. The third-order valence-corrected chi connectivity index (χ3v) is 6.64. The molecule has 3 aromatic rings. The maximum absolute atomic E-state index is 13.2. The SMILES string of the molecule is CCC(CC)Oc1ccc(N(Cc2ccc(C(C)(C)C)cc2)C(=O)C(=O)OC)cc1-c1ccc(OC(F)(F)F)cc1. The van der Waals surface area contributed by atoms with E-state index in [0.29, 0.717) is 22.6 Å². The Labute approximate surface area is 239 Å². The Bertz CT molecular complexity index is 1330. The first-order valence-electron chi connectivity index (χ1n) is 13.4. The molecule has 0 aliphatic rings. The first kappa shape index (κ1) is 31.5. The number of benzene rings is 3. The number of esters is 1. The molecule has 0 N–H and O–H groups in total. The van der Waals surface area contributed by atoms with Crippen molar-refractivity contribution in [2.45, 2.75) is 71.9 Å². The van der Waals surface area contributed by atoms with E-state index in [1.807, 2.05) is 38.1 Å². The summed E-state index contributed by atoms with van der Waals surface area (Å²) in [6.45, 7) is 10.4. The second-order valence-corrected chi connectivity index (χ2v) is 10.6. The third kappa shape index (κ3) is 8.49. The normalized spacial score (nSPS) is 11.8. The van der Waals surface area contributed by atoms with Crippen molar-refractivity contribution in [2.24, 2.45) is 0 Å². The maximum Gasteiger partial charge on any atom is 0.573 e. The van der Waals surface area contributed by atoms with E-state index < -0.39 is 18.2 Å². The van der Waals surface area contributed by atoms with Crippen LogP contribution in [0.2, 0.25) is 0 Å². The average Bonchev–Trinajstić information content (AvgIpc) is 2.93. The molecule has 41 heavy (non-hydrogen) atoms. The maximum atomic E-state index is 13.2. The van der Waals surface area contributed by atoms with E-state index >= 15 is 0 Å². The summed E-state index contributed by atoms with van der Waals surface area (Å²) >= 11 is 0. The lowest BCUT2D eigenvalue weighted by Gasteiger charge is -2.25. The Hall–Kier alpha value is -4.01. The van der Waals surface area contributed by atoms with Crippen molar-refractivity contribution < 1.29 is 37.0 Å². The van der Waals surface area contributed by atoms with Gasteiger partial charge in [-0.05, 0) is 65.3 Å². The molecule has 3 aromatic carbocycles. The summed E-state index contributed by atoms with van der Waals surface area (Å²) in [6.07, 6.45) is -3.42. The van der Waals surface area contributed by atoms with Crippen molar-refractivity contribution in [2.75, 3.05) is 12.0 Å². The van der Waals surface area contributed by atoms with Crippen molar-refractivity contribution >= 4 is 17.6 Å². The fourth-order valence-electron chi connectivity index (χ4n) is 4.26. The Kier molecular flexibility index (Phi) is 10.1. The molecule has 3 rings (SSSR count). The van der Waals surface area contributed by atoms with Crippen molar-refractivity contribution in [3.05, 3.63) is 77.9 Å². The van der Waals surface area contributed by atoms with Gasteiger partial charge in [0.1, 0.15) is 11.5 Å². The Morgan fingerprint density at radius 1 is 0.878 bits per heavy atom. The number of rotatable bonds is 9. The zero-order valence-electron chi connectivity index (χ0n) is 24.2. The zero-order chi connectivity index (χ0) is 30.4. The first-order valence-corrected chi connectivity index (χ1v) is 13.4. The number of amides is 1. The van der Waals surface area contributed by atoms with Crippen LogP contribution in [-0.4, -0.2) is 31.5 Å². The van der Waals surface area contributed by atoms with Gasteiger partial charge in [-0.25, -0.2) is 4.79 Å². The standard InChI is InChI=1S/C32H36F3NO5/c1-7-25(8-2)40-28-18-15-24(19-27(28)22-11-16-26(17-12-22)41-32(33,34)35)36(29(37)30(38)39-6)20-21-9-13-23(14-10-21)31(3,4)5/h9-19,25H,7-8,20H2,1-6H3. The van der Waals surface area contributed by atoms with Crippen LogP contribution in [0, 0.1) is 0 Å². The summed E-state index contributed by atoms with van der Waals surface area (Å²) in [6, 6.07) is 18.2. The van der Waals surface area contributed by atoms with E-state index in [4.69, 9.17) is 9.47 Å². The van der Waals surface area contributed by atoms with Crippen molar-refractivity contribution in [1.29, 1.82) is 0 Å². The number of anilines is 1. The summed E-state index contributed by atoms with van der Waals surface area (Å²) in [4.78, 5) is 26.8. The molecule has 1 amide bonds. The van der Waals surface area contributed by atoms with Crippen molar-refractivity contribution in [1.82, 2.24) is 0 Å². The van der Waals surface area contributed by atoms with Gasteiger partial charge in [-0.2, -0.15) is 0 Å². The van der Waals surface area contributed by atoms with Gasteiger partial charge < -0.3 is 14.2 Å². The van der Waals surface area contributed by atoms with Crippen LogP contribution < -0.4 is 14.4 Å². The minimum absolute atomic E-state index is 0.0552. The average molecular weight is 572 g/mol. The van der Waals surface area contributed by atoms with Crippen LogP contribution in [0.15, 0.2) is 66.7 Å². The molecule has 0 atom stereocenters. The topological polar surface area (TPSA) is 65.1 Å². The smallest absolute Gasteiger partial charge is 0.490 e. The summed E-state index contributed by atoms with van der Waals surface area (Å²) < 4.78 is 53.1. The monoisotopic (exact) mass is 571 g/mol. The molecule has 0 aliphatic heterocycles. The predicted molar refractivity (Wildman–Crippen MR) is 152 cm³/mol. The van der Waals surface area contributed by atoms with E-state index in [0.717, 1.165) is 31.1 Å². The lowest BCUT2D eigenvalue weighted by Crippen LogP contribution is -2.37. The Morgan fingerprint density at radius 3 is 2.00 bits per heavy atom. The first-order chi connectivity index (χ1) is 19.2. The van der Waals surface area contributed by atoms with Crippen LogP contribution >= 0.6 is 0 Å². The molecule has 0 saturated heterocycles. The highest BCUT2D eigenvalue weighted by Gasteiger charge is 2.31. The van der Waals surface area contributed by atoms with E-state index in [2.05, 4.69) is 25.5 Å². The lowest BCUT2D eigenvalue weighted by atomic mass is 9.87. The molecule has 0 unspecified atom stereocenters. The number of nitrogens with zero attached hydrogens (tertiary/aromatic N) is 1. The van der Waals surface area contributed by atoms with Crippen LogP contribution in [0.5, 0.6) is 11.5 Å². The van der Waals surface area contributed by atoms with Crippen LogP contribution in [-0.2, 0) is 26.3 Å². The molecule has 0 heterocycles. The molecule has 0 radical (unpaired) electrons. The van der Waals surface area contributed by atoms with Gasteiger partial charge in [0, 0.05) is 11.3 Å². The number of hydrogen-bond donors (Lipinski definition) is 0. The Morgan fingerprint density at radius 2 is 1.49 bits per heavy atom. The minimum Gasteiger partial charge on any atom is -0.490 e. The summed E-state index contributed by atoms with van der Waals surface area (Å²) in [5, 5.41) is 0. The molecular weight excluding hydrogens is 535 g/mol. The molecule has 9 heteroatoms. The number of methoxy groups -OCH3 is 1. The van der Waals surface area contributed by atoms with E-state index in [9.17, 15) is 22.8 Å². The van der Waals surface area contributed by atoms with Gasteiger partial charge >= 0.3 is 18.2 Å². The van der Waals surface area contributed by atoms with Crippen LogP contribution in [0.4, 0.5) is 18.9 Å². The van der Waals surface area contributed by atoms with E-state index in [1.54, 1.807) is 18.2 Å². The number of carbonyl (C=O) groups excluding carboxylic acids is 2. The van der Waals surface area contributed by atoms with Gasteiger partial charge in [-0.1, -0.05) is 71.0 Å². The molecule has 0 aliphatic carbocycles. The quantitative estimate of drug-likeness (QED) is 0.194. The number of alkyl halides is 3. The highest BCUT2D eigenvalue weighted by Crippen LogP contribution is 2.37. The van der Waals surface area contributed by atoms with Crippen molar-refractivity contribution in [3.8, 4) is 22.6 Å². The fraction of sp³-hybridized carbons (Fsp3) is 0.375. The van der Waals surface area contributed by atoms with Gasteiger partial charge in [0.15, 0.2) is 0 Å². The van der Waals surface area contributed by atoms with E-state index in [1.165, 1.54) is 29.2 Å². The number of carbonyl (C=O) groups is 2. The van der Waals surface area contributed by atoms with E-state index in [-0.39, 0.29) is 23.8 Å². The van der Waals surface area contributed by atoms with Crippen molar-refractivity contribution in [3.63, 3.8) is 0 Å². The molecule has 0 fully saturated rings. The fourth-order valence-corrected chi connectivity index (χ4v) is 4.26. The summed E-state index contributed by atoms with van der Waals surface area (Å²) in [5.74, 6) is -1.75. The number of halogens is 3. The summed E-state index contributed by atoms with van der Waals surface area (Å²) in [7, 11) is 1.14. The predicted octanol–water partition coefficient (Wildman–Crippen LogP) is 7.82. The van der Waals surface area contributed by atoms with Gasteiger partial charge in [0.2, 0.25) is 0 Å². The molecule has 0 aromatic heterocycles. The molecule has 0 spiro atoms. The molecule has 0 bridgehead atoms. The number of hydrogen-bond acceptors (Lipinski definition) is 5. The summed E-state index contributed by atoms with van der Waals surface area (Å²) in [5.41, 5.74) is 3.34. The minimum atomic E-state index is -4.81. The molecule has 6 nitrogen and oxygen atoms in total. The highest BCUT2D eigenvalue weighted by atomic mass is 19.4. The Balaban J connectivity index is 2.08. The van der Waals surface area contributed by atoms with Crippen LogP contribution in [0.25, 0.3) is 11.1 Å². The van der Waals surface area contributed by atoms with Gasteiger partial charge in [0.05, 0.1) is 19.8 Å². The molecule has 0 saturated carbocycles. The van der Waals surface area contributed by atoms with Crippen LogP contribution in [0.1, 0.15) is 58.6 Å². The highest BCUT2D eigenvalue weighted by molar-refractivity contribution is 6.38. The zero-order valence-corrected chi connectivity index (χ0v) is 24.2. The number of ether oxygens (including phenoxy) is 3. The molecular formula is C32H36F3NO5. The van der Waals surface area contributed by atoms with Gasteiger partial charge in [0.25, 0.3) is 0 Å². The third-order valence-electron chi connectivity index (χ3n) is 6.64. The second kappa shape index (κ2) is 13.1. The van der Waals surface area contributed by atoms with Gasteiger partial charge in [-0.15, -0.1) is 13.2 Å². The van der Waals surface area contributed by atoms with Gasteiger partial charge in [-0.3, -0.25) is 9.69 Å². The lowest BCUT2D eigenvalue weighted by molar-refractivity contribution is -0.274.